The van der Waals surface area contributed by atoms with E-state index in [9.17, 15) is 14.4 Å². The molecule has 0 fully saturated rings. The molecule has 1 heterocycles. The molecule has 0 aliphatic carbocycles. The van der Waals surface area contributed by atoms with Gasteiger partial charge in [0.25, 0.3) is 11.8 Å². The smallest absolute Gasteiger partial charge is 0.283 e. The molecule has 7 heteroatoms. The summed E-state index contributed by atoms with van der Waals surface area (Å²) in [6.45, 7) is 5.72. The molecule has 3 N–H and O–H groups in total. The van der Waals surface area contributed by atoms with Crippen molar-refractivity contribution in [2.24, 2.45) is 0 Å². The van der Waals surface area contributed by atoms with Crippen LogP contribution in [0.4, 0.5) is 17.1 Å². The Hall–Kier alpha value is -3.19. The Balaban J connectivity index is 1.69. The topological polar surface area (TPSA) is 82.9 Å². The number of hydrogen-bond donors (Lipinski definition) is 3. The molecule has 30 heavy (non-hydrogen) atoms. The molecule has 1 aliphatic rings. The quantitative estimate of drug-likeness (QED) is 0.676. The highest BCUT2D eigenvalue weighted by Gasteiger charge is 2.44. The van der Waals surface area contributed by atoms with Gasteiger partial charge in [-0.3, -0.25) is 19.3 Å². The molecule has 0 saturated carbocycles. The first-order valence-corrected chi connectivity index (χ1v) is 10.2. The number of nitrogens with zero attached hydrogens (tertiary/aromatic N) is 1. The fourth-order valence-corrected chi connectivity index (χ4v) is 3.72. The number of carbonyl (C=O) groups excluding carboxylic acids is 3. The van der Waals surface area contributed by atoms with Gasteiger partial charge in [-0.05, 0) is 44.0 Å². The summed E-state index contributed by atoms with van der Waals surface area (Å²) < 4.78 is 0. The summed E-state index contributed by atoms with van der Waals surface area (Å²) >= 11 is 0. The highest BCUT2D eigenvalue weighted by Crippen LogP contribution is 2.36. The molecular formula is C23H29N4O3+. The summed E-state index contributed by atoms with van der Waals surface area (Å²) in [7, 11) is 1.80. The summed E-state index contributed by atoms with van der Waals surface area (Å²) in [4.78, 5) is 40.5. The lowest BCUT2D eigenvalue weighted by molar-refractivity contribution is -0.862. The lowest BCUT2D eigenvalue weighted by Gasteiger charge is -2.42. The summed E-state index contributed by atoms with van der Waals surface area (Å²) in [6.07, 6.45) is 0.823. The fourth-order valence-electron chi connectivity index (χ4n) is 3.72. The number of para-hydroxylation sites is 3. The van der Waals surface area contributed by atoms with Crippen molar-refractivity contribution < 1.29 is 19.3 Å². The van der Waals surface area contributed by atoms with Gasteiger partial charge in [-0.15, -0.1) is 0 Å². The van der Waals surface area contributed by atoms with Crippen LogP contribution in [0.3, 0.4) is 0 Å². The summed E-state index contributed by atoms with van der Waals surface area (Å²) in [5.74, 6) is -0.597. The third kappa shape index (κ3) is 4.36. The number of nitrogens with one attached hydrogen (secondary N) is 3. The molecule has 158 valence electrons. The molecule has 0 aromatic heterocycles. The van der Waals surface area contributed by atoms with Crippen molar-refractivity contribution in [1.82, 2.24) is 0 Å². The highest BCUT2D eigenvalue weighted by molar-refractivity contribution is 6.14. The largest absolute Gasteiger partial charge is 0.322 e. The first-order chi connectivity index (χ1) is 14.2. The molecule has 0 bridgehead atoms. The van der Waals surface area contributed by atoms with Crippen LogP contribution in [0, 0.1) is 0 Å². The number of rotatable bonds is 6. The molecule has 0 radical (unpaired) electrons. The Morgan fingerprint density at radius 2 is 1.73 bits per heavy atom. The van der Waals surface area contributed by atoms with E-state index in [4.69, 9.17) is 0 Å². The standard InChI is InChI=1S/C23H28N4O3/c1-5-16-10-6-7-11-17(16)24-20(28)14-26(4)15-21(29)27-19-13-9-8-12-18(19)25-22(30)23(27,2)3/h6-13H,5,14-15H2,1-4H3,(H,24,28)(H,25,30)/p+1. The molecule has 0 spiro atoms. The first-order valence-electron chi connectivity index (χ1n) is 10.2. The Bertz CT molecular complexity index is 970. The van der Waals surface area contributed by atoms with Crippen molar-refractivity contribution in [1.29, 1.82) is 0 Å². The van der Waals surface area contributed by atoms with Gasteiger partial charge in [0.1, 0.15) is 5.54 Å². The van der Waals surface area contributed by atoms with E-state index in [1.165, 1.54) is 4.90 Å². The lowest BCUT2D eigenvalue weighted by atomic mass is 9.96. The molecule has 1 atom stereocenters. The van der Waals surface area contributed by atoms with E-state index in [1.807, 2.05) is 49.4 Å². The van der Waals surface area contributed by atoms with Crippen LogP contribution in [0.15, 0.2) is 48.5 Å². The van der Waals surface area contributed by atoms with Crippen LogP contribution in [-0.2, 0) is 20.8 Å². The van der Waals surface area contributed by atoms with Gasteiger partial charge in [-0.1, -0.05) is 37.3 Å². The van der Waals surface area contributed by atoms with E-state index in [0.29, 0.717) is 11.4 Å². The zero-order chi connectivity index (χ0) is 21.9. The number of hydrogen-bond acceptors (Lipinski definition) is 3. The van der Waals surface area contributed by atoms with Gasteiger partial charge in [0.15, 0.2) is 13.1 Å². The normalized spacial score (nSPS) is 15.7. The van der Waals surface area contributed by atoms with Crippen LogP contribution in [-0.4, -0.2) is 43.4 Å². The second-order valence-corrected chi connectivity index (χ2v) is 8.13. The Kier molecular flexibility index (Phi) is 6.22. The maximum atomic E-state index is 13.2. The Morgan fingerprint density at radius 3 is 2.47 bits per heavy atom. The van der Waals surface area contributed by atoms with Crippen LogP contribution in [0.1, 0.15) is 26.3 Å². The van der Waals surface area contributed by atoms with E-state index in [0.717, 1.165) is 22.6 Å². The van der Waals surface area contributed by atoms with Gasteiger partial charge < -0.3 is 15.5 Å². The van der Waals surface area contributed by atoms with Gasteiger partial charge in [-0.25, -0.2) is 0 Å². The molecule has 1 aliphatic heterocycles. The van der Waals surface area contributed by atoms with Gasteiger partial charge in [-0.2, -0.15) is 0 Å². The summed E-state index contributed by atoms with van der Waals surface area (Å²) in [5.41, 5.74) is 2.13. The second kappa shape index (κ2) is 8.67. The third-order valence-electron chi connectivity index (χ3n) is 5.34. The van der Waals surface area contributed by atoms with Crippen molar-refractivity contribution in [3.8, 4) is 0 Å². The number of carbonyl (C=O) groups is 3. The van der Waals surface area contributed by atoms with Crippen LogP contribution >= 0.6 is 0 Å². The Labute approximate surface area is 177 Å². The average Bonchev–Trinajstić information content (AvgIpc) is 2.68. The summed E-state index contributed by atoms with van der Waals surface area (Å²) in [6, 6.07) is 14.9. The van der Waals surface area contributed by atoms with Crippen molar-refractivity contribution >= 4 is 34.8 Å². The van der Waals surface area contributed by atoms with Crippen LogP contribution in [0.5, 0.6) is 0 Å². The zero-order valence-electron chi connectivity index (χ0n) is 17.9. The molecular weight excluding hydrogens is 380 g/mol. The van der Waals surface area contributed by atoms with Gasteiger partial charge in [0.05, 0.1) is 18.4 Å². The molecule has 0 saturated heterocycles. The van der Waals surface area contributed by atoms with E-state index in [1.54, 1.807) is 27.0 Å². The number of anilines is 3. The predicted octanol–water partition coefficient (Wildman–Crippen LogP) is 1.47. The second-order valence-electron chi connectivity index (χ2n) is 8.13. The van der Waals surface area contributed by atoms with Gasteiger partial charge in [0, 0.05) is 5.69 Å². The van der Waals surface area contributed by atoms with Crippen molar-refractivity contribution in [2.45, 2.75) is 32.7 Å². The van der Waals surface area contributed by atoms with Crippen LogP contribution < -0.4 is 20.4 Å². The van der Waals surface area contributed by atoms with Crippen LogP contribution in [0.25, 0.3) is 0 Å². The SMILES string of the molecule is CCc1ccccc1NC(=O)C[NH+](C)CC(=O)N1c2ccccc2NC(=O)C1(C)C. The average molecular weight is 410 g/mol. The minimum atomic E-state index is -1.02. The monoisotopic (exact) mass is 409 g/mol. The molecule has 1 unspecified atom stereocenters. The van der Waals surface area contributed by atoms with Gasteiger partial charge in [0.2, 0.25) is 5.91 Å². The lowest BCUT2D eigenvalue weighted by Crippen LogP contribution is -3.11. The van der Waals surface area contributed by atoms with Crippen LogP contribution in [0.2, 0.25) is 0 Å². The number of fused-ring (bicyclic) bond motifs is 1. The van der Waals surface area contributed by atoms with Crippen molar-refractivity contribution in [2.75, 3.05) is 35.7 Å². The fraction of sp³-hybridized carbons (Fsp3) is 0.348. The minimum Gasteiger partial charge on any atom is -0.322 e. The molecule has 3 amide bonds. The first kappa shape index (κ1) is 21.5. The molecule has 2 aromatic carbocycles. The number of benzene rings is 2. The van der Waals surface area contributed by atoms with E-state index >= 15 is 0 Å². The maximum Gasteiger partial charge on any atom is 0.283 e. The van der Waals surface area contributed by atoms with E-state index < -0.39 is 5.54 Å². The number of aryl methyl sites for hydroxylation is 1. The van der Waals surface area contributed by atoms with Gasteiger partial charge >= 0.3 is 0 Å². The highest BCUT2D eigenvalue weighted by atomic mass is 16.2. The third-order valence-corrected chi connectivity index (χ3v) is 5.34. The molecule has 2 aromatic rings. The summed E-state index contributed by atoms with van der Waals surface area (Å²) in [5, 5.41) is 5.79. The van der Waals surface area contributed by atoms with E-state index in [2.05, 4.69) is 10.6 Å². The van der Waals surface area contributed by atoms with Crippen molar-refractivity contribution in [3.05, 3.63) is 54.1 Å². The molecule has 3 rings (SSSR count). The number of likely N-dealkylation sites (N-methyl/N-ethyl adjacent to an activating group) is 1. The molecule has 7 nitrogen and oxygen atoms in total. The number of amides is 3. The number of quaternary nitrogens is 1. The van der Waals surface area contributed by atoms with Crippen molar-refractivity contribution in [3.63, 3.8) is 0 Å². The minimum absolute atomic E-state index is 0.0912. The predicted molar refractivity (Wildman–Crippen MR) is 118 cm³/mol. The zero-order valence-corrected chi connectivity index (χ0v) is 17.9. The Morgan fingerprint density at radius 1 is 1.07 bits per heavy atom. The maximum absolute atomic E-state index is 13.2. The van der Waals surface area contributed by atoms with E-state index in [-0.39, 0.29) is 30.8 Å².